The lowest BCUT2D eigenvalue weighted by atomic mass is 10.0. The highest BCUT2D eigenvalue weighted by molar-refractivity contribution is 6.33. The summed E-state index contributed by atoms with van der Waals surface area (Å²) < 4.78 is 11.2. The van der Waals surface area contributed by atoms with Gasteiger partial charge in [0.05, 0.1) is 16.1 Å². The molecule has 3 aromatic carbocycles. The summed E-state index contributed by atoms with van der Waals surface area (Å²) in [4.78, 5) is 25.2. The molecule has 4 rings (SSSR count). The van der Waals surface area contributed by atoms with Crippen LogP contribution in [0.5, 0.6) is 11.5 Å². The molecule has 29 heavy (non-hydrogen) atoms. The van der Waals surface area contributed by atoms with E-state index in [9.17, 15) is 9.59 Å². The summed E-state index contributed by atoms with van der Waals surface area (Å²) in [6.45, 7) is 1.76. The van der Waals surface area contributed by atoms with Crippen LogP contribution in [0.3, 0.4) is 0 Å². The minimum absolute atomic E-state index is 0.181. The molecular weight excluding hydrogens is 411 g/mol. The van der Waals surface area contributed by atoms with E-state index in [1.807, 2.05) is 6.07 Å². The highest BCUT2D eigenvalue weighted by Gasteiger charge is 2.30. The van der Waals surface area contributed by atoms with Crippen molar-refractivity contribution in [3.63, 3.8) is 0 Å². The van der Waals surface area contributed by atoms with Crippen LogP contribution < -0.4 is 9.47 Å². The highest BCUT2D eigenvalue weighted by atomic mass is 35.5. The molecule has 0 unspecified atom stereocenters. The van der Waals surface area contributed by atoms with Gasteiger partial charge in [-0.15, -0.1) is 0 Å². The Kier molecular flexibility index (Phi) is 5.14. The number of ether oxygens (including phenoxy) is 2. The average molecular weight is 425 g/mol. The second-order valence-electron chi connectivity index (χ2n) is 6.48. The zero-order chi connectivity index (χ0) is 20.5. The molecule has 0 radical (unpaired) electrons. The van der Waals surface area contributed by atoms with Crippen molar-refractivity contribution in [1.82, 2.24) is 0 Å². The van der Waals surface area contributed by atoms with Gasteiger partial charge in [-0.3, -0.25) is 4.79 Å². The topological polar surface area (TPSA) is 52.6 Å². The molecule has 0 aromatic heterocycles. The third-order valence-corrected chi connectivity index (χ3v) is 4.96. The van der Waals surface area contributed by atoms with Crippen molar-refractivity contribution in [2.45, 2.75) is 6.92 Å². The van der Waals surface area contributed by atoms with E-state index in [-0.39, 0.29) is 22.9 Å². The number of hydrogen-bond donors (Lipinski definition) is 0. The maximum absolute atomic E-state index is 12.8. The van der Waals surface area contributed by atoms with Gasteiger partial charge in [0, 0.05) is 11.1 Å². The number of hydrogen-bond acceptors (Lipinski definition) is 4. The molecule has 0 amide bonds. The number of esters is 1. The molecule has 144 valence electrons. The summed E-state index contributed by atoms with van der Waals surface area (Å²) in [6, 6.07) is 16.9. The van der Waals surface area contributed by atoms with Crippen molar-refractivity contribution in [1.29, 1.82) is 0 Å². The zero-order valence-corrected chi connectivity index (χ0v) is 16.8. The number of ketones is 1. The molecule has 0 fully saturated rings. The number of allylic oxidation sites excluding steroid dienone is 1. The first-order chi connectivity index (χ1) is 13.9. The van der Waals surface area contributed by atoms with Crippen molar-refractivity contribution in [2.75, 3.05) is 0 Å². The fraction of sp³-hybridized carbons (Fsp3) is 0.0435. The fourth-order valence-corrected chi connectivity index (χ4v) is 3.48. The molecule has 1 aliphatic rings. The molecule has 0 bridgehead atoms. The summed E-state index contributed by atoms with van der Waals surface area (Å²) in [5.74, 6) is -0.0384. The predicted molar refractivity (Wildman–Crippen MR) is 112 cm³/mol. The standard InChI is InChI=1S/C23H14Cl2O4/c1-13-9-16(28-23(27)17-7-2-3-8-18(17)25)12-19-21(13)22(26)20(29-19)11-14-5-4-6-15(24)10-14/h2-12H,1H3/b20-11-. The Labute approximate surface area is 177 Å². The number of fused-ring (bicyclic) bond motifs is 1. The van der Waals surface area contributed by atoms with Crippen molar-refractivity contribution in [3.05, 3.63) is 98.7 Å². The van der Waals surface area contributed by atoms with Crippen LogP contribution in [0.25, 0.3) is 6.08 Å². The van der Waals surface area contributed by atoms with Gasteiger partial charge in [0.25, 0.3) is 0 Å². The number of benzene rings is 3. The van der Waals surface area contributed by atoms with Gasteiger partial charge in [0.15, 0.2) is 5.76 Å². The van der Waals surface area contributed by atoms with E-state index in [0.717, 1.165) is 5.56 Å². The predicted octanol–water partition coefficient (Wildman–Crippen LogP) is 6.14. The molecule has 0 saturated heterocycles. The largest absolute Gasteiger partial charge is 0.452 e. The molecule has 3 aromatic rings. The monoisotopic (exact) mass is 424 g/mol. The molecule has 0 aliphatic carbocycles. The van der Waals surface area contributed by atoms with E-state index < -0.39 is 5.97 Å². The van der Waals surface area contributed by atoms with Crippen LogP contribution in [0, 0.1) is 6.92 Å². The molecule has 0 saturated carbocycles. The third-order valence-electron chi connectivity index (χ3n) is 4.39. The van der Waals surface area contributed by atoms with Crippen LogP contribution in [-0.4, -0.2) is 11.8 Å². The van der Waals surface area contributed by atoms with E-state index in [1.54, 1.807) is 61.5 Å². The number of halogens is 2. The van der Waals surface area contributed by atoms with Crippen LogP contribution in [0.2, 0.25) is 10.0 Å². The van der Waals surface area contributed by atoms with E-state index in [2.05, 4.69) is 0 Å². The van der Waals surface area contributed by atoms with Gasteiger partial charge in [-0.25, -0.2) is 4.79 Å². The van der Waals surface area contributed by atoms with Gasteiger partial charge < -0.3 is 9.47 Å². The normalized spacial score (nSPS) is 13.9. The Balaban J connectivity index is 1.63. The quantitative estimate of drug-likeness (QED) is 0.288. The molecule has 6 heteroatoms. The van der Waals surface area contributed by atoms with E-state index in [4.69, 9.17) is 32.7 Å². The lowest BCUT2D eigenvalue weighted by molar-refractivity contribution is 0.0734. The number of Topliss-reactive ketones (excluding diaryl/α,β-unsaturated/α-hetero) is 1. The van der Waals surface area contributed by atoms with Crippen LogP contribution in [0.4, 0.5) is 0 Å². The molecule has 4 nitrogen and oxygen atoms in total. The van der Waals surface area contributed by atoms with Crippen LogP contribution in [0.1, 0.15) is 31.8 Å². The summed E-state index contributed by atoms with van der Waals surface area (Å²) >= 11 is 12.0. The first-order valence-corrected chi connectivity index (χ1v) is 9.49. The average Bonchev–Trinajstić information content (AvgIpc) is 2.97. The van der Waals surface area contributed by atoms with Crippen molar-refractivity contribution >= 4 is 41.0 Å². The van der Waals surface area contributed by atoms with E-state index in [1.165, 1.54) is 6.07 Å². The Hall–Kier alpha value is -3.08. The lowest BCUT2D eigenvalue weighted by Crippen LogP contribution is -2.09. The second-order valence-corrected chi connectivity index (χ2v) is 7.32. The van der Waals surface area contributed by atoms with E-state index >= 15 is 0 Å². The van der Waals surface area contributed by atoms with Crippen molar-refractivity contribution in [2.24, 2.45) is 0 Å². The van der Waals surface area contributed by atoms with Crippen molar-refractivity contribution < 1.29 is 19.1 Å². The fourth-order valence-electron chi connectivity index (χ4n) is 3.07. The number of carbonyl (C=O) groups is 2. The minimum Gasteiger partial charge on any atom is -0.452 e. The Bertz CT molecular complexity index is 1180. The molecule has 0 atom stereocenters. The molecule has 0 spiro atoms. The van der Waals surface area contributed by atoms with E-state index in [0.29, 0.717) is 26.9 Å². The van der Waals surface area contributed by atoms with Gasteiger partial charge in [0.1, 0.15) is 11.5 Å². The van der Waals surface area contributed by atoms with Crippen LogP contribution >= 0.6 is 23.2 Å². The maximum atomic E-state index is 12.8. The van der Waals surface area contributed by atoms with Gasteiger partial charge in [-0.2, -0.15) is 0 Å². The summed E-state index contributed by atoms with van der Waals surface area (Å²) in [6.07, 6.45) is 1.63. The smallest absolute Gasteiger partial charge is 0.345 e. The van der Waals surface area contributed by atoms with Gasteiger partial charge in [-0.05, 0) is 54.5 Å². The lowest BCUT2D eigenvalue weighted by Gasteiger charge is -2.08. The van der Waals surface area contributed by atoms with Gasteiger partial charge in [-0.1, -0.05) is 47.5 Å². The molecule has 1 heterocycles. The SMILES string of the molecule is Cc1cc(OC(=O)c2ccccc2Cl)cc2c1C(=O)/C(=C/c1cccc(Cl)c1)O2. The van der Waals surface area contributed by atoms with Crippen LogP contribution in [0.15, 0.2) is 66.4 Å². The van der Waals surface area contributed by atoms with Gasteiger partial charge >= 0.3 is 5.97 Å². The number of aryl methyl sites for hydroxylation is 1. The highest BCUT2D eigenvalue weighted by Crippen LogP contribution is 2.38. The first-order valence-electron chi connectivity index (χ1n) is 8.73. The summed E-state index contributed by atoms with van der Waals surface area (Å²) in [7, 11) is 0. The number of rotatable bonds is 3. The van der Waals surface area contributed by atoms with Crippen LogP contribution in [-0.2, 0) is 0 Å². The first kappa shape index (κ1) is 19.2. The molecule has 1 aliphatic heterocycles. The molecular formula is C23H14Cl2O4. The summed E-state index contributed by atoms with van der Waals surface area (Å²) in [5.41, 5.74) is 2.09. The second kappa shape index (κ2) is 7.74. The van der Waals surface area contributed by atoms with Gasteiger partial charge in [0.2, 0.25) is 5.78 Å². The zero-order valence-electron chi connectivity index (χ0n) is 15.2. The third kappa shape index (κ3) is 3.90. The Morgan fingerprint density at radius 3 is 2.59 bits per heavy atom. The Morgan fingerprint density at radius 2 is 1.83 bits per heavy atom. The molecule has 0 N–H and O–H groups in total. The maximum Gasteiger partial charge on any atom is 0.345 e. The minimum atomic E-state index is -0.589. The van der Waals surface area contributed by atoms with Crippen molar-refractivity contribution in [3.8, 4) is 11.5 Å². The Morgan fingerprint density at radius 1 is 1.03 bits per heavy atom. The summed E-state index contributed by atoms with van der Waals surface area (Å²) in [5, 5.41) is 0.862. The number of carbonyl (C=O) groups excluding carboxylic acids is 2.